The smallest absolute Gasteiger partial charge is 0.190 e. The van der Waals surface area contributed by atoms with Crippen LogP contribution in [0.5, 0.6) is 0 Å². The lowest BCUT2D eigenvalue weighted by atomic mass is 10.2. The lowest BCUT2D eigenvalue weighted by molar-refractivity contribution is 0.122. The van der Waals surface area contributed by atoms with E-state index in [9.17, 15) is 0 Å². The number of pyridine rings is 2. The minimum absolute atomic E-state index is 0.754. The summed E-state index contributed by atoms with van der Waals surface area (Å²) in [5, 5.41) is 4.08. The first kappa shape index (κ1) is 19.2. The summed E-state index contributed by atoms with van der Waals surface area (Å²) in [6, 6.07) is 8.02. The van der Waals surface area contributed by atoms with Gasteiger partial charge in [0.15, 0.2) is 5.13 Å². The second kappa shape index (κ2) is 8.93. The number of nitrogens with one attached hydrogen (secondary N) is 1. The molecular formula is C21H22N6OS. The van der Waals surface area contributed by atoms with E-state index in [0.29, 0.717) is 0 Å². The number of rotatable bonds is 6. The van der Waals surface area contributed by atoms with Crippen molar-refractivity contribution in [1.29, 1.82) is 0 Å². The van der Waals surface area contributed by atoms with Crippen molar-refractivity contribution < 1.29 is 4.74 Å². The van der Waals surface area contributed by atoms with E-state index in [1.54, 1.807) is 6.21 Å². The van der Waals surface area contributed by atoms with E-state index in [1.807, 2.05) is 43.5 Å². The number of ether oxygens (including phenoxy) is 1. The van der Waals surface area contributed by atoms with Gasteiger partial charge < -0.3 is 15.0 Å². The van der Waals surface area contributed by atoms with Crippen LogP contribution in [0.3, 0.4) is 0 Å². The monoisotopic (exact) mass is 406 g/mol. The Labute approximate surface area is 173 Å². The van der Waals surface area contributed by atoms with Crippen LogP contribution >= 0.6 is 11.3 Å². The molecule has 0 unspecified atom stereocenters. The predicted octanol–water partition coefficient (Wildman–Crippen LogP) is 4.28. The molecule has 1 N–H and O–H groups in total. The van der Waals surface area contributed by atoms with Gasteiger partial charge in [0.1, 0.15) is 16.2 Å². The molecule has 0 amide bonds. The molecule has 1 aliphatic rings. The summed E-state index contributed by atoms with van der Waals surface area (Å²) < 4.78 is 5.43. The van der Waals surface area contributed by atoms with E-state index >= 15 is 0 Å². The fourth-order valence-electron chi connectivity index (χ4n) is 3.01. The average Bonchev–Trinajstić information content (AvgIpc) is 3.16. The van der Waals surface area contributed by atoms with E-state index in [4.69, 9.17) is 9.72 Å². The Balaban J connectivity index is 1.53. The summed E-state index contributed by atoms with van der Waals surface area (Å²) in [4.78, 5) is 21.0. The van der Waals surface area contributed by atoms with Crippen LogP contribution in [0.15, 0.2) is 54.3 Å². The minimum atomic E-state index is 0.754. The highest BCUT2D eigenvalue weighted by Crippen LogP contribution is 2.29. The van der Waals surface area contributed by atoms with Crippen LogP contribution in [0.25, 0.3) is 15.9 Å². The number of hydrogen-bond acceptors (Lipinski definition) is 8. The highest BCUT2D eigenvalue weighted by atomic mass is 32.1. The first-order chi connectivity index (χ1) is 14.2. The van der Waals surface area contributed by atoms with Gasteiger partial charge >= 0.3 is 0 Å². The largest absolute Gasteiger partial charge is 0.378 e. The first-order valence-corrected chi connectivity index (χ1v) is 10.2. The summed E-state index contributed by atoms with van der Waals surface area (Å²) in [5.41, 5.74) is 3.92. The van der Waals surface area contributed by atoms with Crippen LogP contribution in [0.2, 0.25) is 0 Å². The Bertz CT molecular complexity index is 1070. The number of allylic oxidation sites excluding steroid dienone is 2. The topological polar surface area (TPSA) is 75.5 Å². The summed E-state index contributed by atoms with van der Waals surface area (Å²) >= 11 is 1.51. The quantitative estimate of drug-likeness (QED) is 0.616. The van der Waals surface area contributed by atoms with Crippen molar-refractivity contribution >= 4 is 50.1 Å². The molecule has 7 nitrogen and oxygen atoms in total. The molecule has 4 heterocycles. The zero-order valence-corrected chi connectivity index (χ0v) is 17.0. The van der Waals surface area contributed by atoms with Crippen molar-refractivity contribution in [2.75, 3.05) is 36.5 Å². The number of aromatic nitrogens is 3. The number of morpholine rings is 1. The van der Waals surface area contributed by atoms with Gasteiger partial charge in [0.25, 0.3) is 0 Å². The lowest BCUT2D eigenvalue weighted by Crippen LogP contribution is -2.36. The third-order valence-corrected chi connectivity index (χ3v) is 5.41. The Hall–Kier alpha value is -3.10. The molecule has 1 aliphatic heterocycles. The molecule has 0 saturated carbocycles. The van der Waals surface area contributed by atoms with Gasteiger partial charge in [-0.15, -0.1) is 0 Å². The van der Waals surface area contributed by atoms with Gasteiger partial charge in [-0.25, -0.2) is 15.0 Å². The van der Waals surface area contributed by atoms with Crippen molar-refractivity contribution in [3.63, 3.8) is 0 Å². The number of aliphatic imine (C=N–C) groups is 1. The third kappa shape index (κ3) is 4.67. The number of anilines is 3. The second-order valence-corrected chi connectivity index (χ2v) is 7.47. The SMILES string of the molecule is C=CN=C/C=C(\C)c1ccc2nc(Nc3cc(N4CCOCC4)ccn3)sc2n1. The molecule has 8 heteroatoms. The molecule has 1 saturated heterocycles. The highest BCUT2D eigenvalue weighted by molar-refractivity contribution is 7.21. The average molecular weight is 407 g/mol. The zero-order chi connectivity index (χ0) is 20.1. The number of thiazole rings is 1. The summed E-state index contributed by atoms with van der Waals surface area (Å²) in [6.07, 6.45) is 6.94. The zero-order valence-electron chi connectivity index (χ0n) is 16.2. The fourth-order valence-corrected chi connectivity index (χ4v) is 3.85. The minimum Gasteiger partial charge on any atom is -0.378 e. The third-order valence-electron chi connectivity index (χ3n) is 4.53. The van der Waals surface area contributed by atoms with E-state index in [0.717, 1.165) is 64.6 Å². The van der Waals surface area contributed by atoms with Gasteiger partial charge in [-0.2, -0.15) is 0 Å². The van der Waals surface area contributed by atoms with Crippen LogP contribution in [-0.2, 0) is 4.74 Å². The van der Waals surface area contributed by atoms with Crippen LogP contribution in [0, 0.1) is 0 Å². The molecule has 0 atom stereocenters. The fraction of sp³-hybridized carbons (Fsp3) is 0.238. The molecule has 0 aromatic carbocycles. The Morgan fingerprint density at radius 2 is 2.14 bits per heavy atom. The molecule has 3 aromatic rings. The molecule has 0 aliphatic carbocycles. The van der Waals surface area contributed by atoms with Crippen molar-refractivity contribution in [3.8, 4) is 0 Å². The normalized spacial score (nSPS) is 15.2. The van der Waals surface area contributed by atoms with Crippen LogP contribution < -0.4 is 10.2 Å². The van der Waals surface area contributed by atoms with E-state index in [-0.39, 0.29) is 0 Å². The van der Waals surface area contributed by atoms with Crippen molar-refractivity contribution in [3.05, 3.63) is 55.0 Å². The van der Waals surface area contributed by atoms with Crippen molar-refractivity contribution in [2.45, 2.75) is 6.92 Å². The van der Waals surface area contributed by atoms with Gasteiger partial charge in [-0.1, -0.05) is 17.9 Å². The molecule has 3 aromatic heterocycles. The van der Waals surface area contributed by atoms with Crippen LogP contribution in [0.4, 0.5) is 16.6 Å². The Kier molecular flexibility index (Phi) is 5.92. The van der Waals surface area contributed by atoms with Gasteiger partial charge in [-0.3, -0.25) is 4.99 Å². The van der Waals surface area contributed by atoms with Gasteiger partial charge in [-0.05, 0) is 36.8 Å². The van der Waals surface area contributed by atoms with E-state index in [2.05, 4.69) is 31.8 Å². The summed E-state index contributed by atoms with van der Waals surface area (Å²) in [5.74, 6) is 0.769. The number of hydrogen-bond donors (Lipinski definition) is 1. The second-order valence-electron chi connectivity index (χ2n) is 6.49. The molecule has 0 spiro atoms. The van der Waals surface area contributed by atoms with Crippen LogP contribution in [-0.4, -0.2) is 47.5 Å². The van der Waals surface area contributed by atoms with Crippen molar-refractivity contribution in [1.82, 2.24) is 15.0 Å². The lowest BCUT2D eigenvalue weighted by Gasteiger charge is -2.28. The Morgan fingerprint density at radius 3 is 2.97 bits per heavy atom. The first-order valence-electron chi connectivity index (χ1n) is 9.37. The van der Waals surface area contributed by atoms with Crippen LogP contribution in [0.1, 0.15) is 12.6 Å². The number of nitrogens with zero attached hydrogens (tertiary/aromatic N) is 5. The molecular weight excluding hydrogens is 384 g/mol. The molecule has 29 heavy (non-hydrogen) atoms. The van der Waals surface area contributed by atoms with Gasteiger partial charge in [0.2, 0.25) is 0 Å². The van der Waals surface area contributed by atoms with Gasteiger partial charge in [0.05, 0.1) is 18.9 Å². The highest BCUT2D eigenvalue weighted by Gasteiger charge is 2.13. The summed E-state index contributed by atoms with van der Waals surface area (Å²) in [6.45, 7) is 8.86. The van der Waals surface area contributed by atoms with Crippen molar-refractivity contribution in [2.24, 2.45) is 4.99 Å². The molecule has 0 radical (unpaired) electrons. The Morgan fingerprint density at radius 1 is 1.28 bits per heavy atom. The number of fused-ring (bicyclic) bond motifs is 1. The maximum atomic E-state index is 5.43. The maximum Gasteiger partial charge on any atom is 0.190 e. The molecule has 0 bridgehead atoms. The van der Waals surface area contributed by atoms with E-state index < -0.39 is 0 Å². The predicted molar refractivity (Wildman–Crippen MR) is 120 cm³/mol. The maximum absolute atomic E-state index is 5.43. The summed E-state index contributed by atoms with van der Waals surface area (Å²) in [7, 11) is 0. The van der Waals surface area contributed by atoms with E-state index in [1.165, 1.54) is 17.5 Å². The molecule has 4 rings (SSSR count). The standard InChI is InChI=1S/C21H22N6OS/c1-3-22-8-6-15(2)17-4-5-18-20(24-17)29-21(25-18)26-19-14-16(7-9-23-19)27-10-12-28-13-11-27/h3-9,14H,1,10-13H2,2H3,(H,23,25,26)/b15-6+,22-8?. The van der Waals surface area contributed by atoms with Gasteiger partial charge in [0, 0.05) is 43.5 Å². The molecule has 1 fully saturated rings. The molecule has 148 valence electrons.